The van der Waals surface area contributed by atoms with Crippen LogP contribution in [-0.2, 0) is 28.7 Å². The topological polar surface area (TPSA) is 127 Å². The van der Waals surface area contributed by atoms with Gasteiger partial charge in [0.25, 0.3) is 0 Å². The molecular weight excluding hydrogens is 536 g/mol. The van der Waals surface area contributed by atoms with E-state index < -0.39 is 53.3 Å². The Hall–Kier alpha value is -2.32. The molecule has 4 saturated carbocycles. The van der Waals surface area contributed by atoms with Crippen LogP contribution in [0, 0.1) is 57.2 Å². The molecule has 0 radical (unpaired) electrons. The van der Waals surface area contributed by atoms with Crippen molar-refractivity contribution in [2.45, 2.75) is 98.9 Å². The number of aliphatic hydroxyl groups is 2. The standard InChI is InChI=1S/C34H48O8/c1-17(15-35)18(2)29(40)30(42-22(6)37)20(4)28-25(41-21(5)36)14-32(8)26-13-24(39)27-19(3)23(38)9-10-34(27)16-33(26,34)12-11-31(28,32)7/h9-10,17,19-20,24-28,30,35,39H,2,11-16H2,1,3-8H3. The molecule has 2 spiro atoms. The molecule has 8 nitrogen and oxygen atoms in total. The Kier molecular flexibility index (Phi) is 7.49. The minimum absolute atomic E-state index is 0.0362. The first-order valence-electron chi connectivity index (χ1n) is 15.6. The molecule has 232 valence electrons. The molecule has 0 bridgehead atoms. The van der Waals surface area contributed by atoms with Gasteiger partial charge in [-0.2, -0.15) is 0 Å². The summed E-state index contributed by atoms with van der Waals surface area (Å²) in [4.78, 5) is 51.1. The van der Waals surface area contributed by atoms with Gasteiger partial charge in [-0.05, 0) is 65.9 Å². The predicted octanol–water partition coefficient (Wildman–Crippen LogP) is 4.21. The summed E-state index contributed by atoms with van der Waals surface area (Å²) in [7, 11) is 0. The van der Waals surface area contributed by atoms with Crippen LogP contribution < -0.4 is 0 Å². The molecule has 42 heavy (non-hydrogen) atoms. The summed E-state index contributed by atoms with van der Waals surface area (Å²) in [6.45, 7) is 16.4. The van der Waals surface area contributed by atoms with Gasteiger partial charge < -0.3 is 19.7 Å². The van der Waals surface area contributed by atoms with E-state index in [1.165, 1.54) is 13.8 Å². The molecule has 0 heterocycles. The Morgan fingerprint density at radius 3 is 2.38 bits per heavy atom. The predicted molar refractivity (Wildman–Crippen MR) is 155 cm³/mol. The maximum absolute atomic E-state index is 13.7. The molecule has 0 saturated heterocycles. The van der Waals surface area contributed by atoms with Gasteiger partial charge in [0, 0.05) is 55.5 Å². The molecule has 0 aromatic carbocycles. The van der Waals surface area contributed by atoms with Gasteiger partial charge in [0.15, 0.2) is 17.7 Å². The van der Waals surface area contributed by atoms with Gasteiger partial charge >= 0.3 is 11.9 Å². The van der Waals surface area contributed by atoms with Crippen molar-refractivity contribution < 1.29 is 38.9 Å². The van der Waals surface area contributed by atoms with Crippen molar-refractivity contribution in [3.05, 3.63) is 24.3 Å². The van der Waals surface area contributed by atoms with Gasteiger partial charge in [-0.25, -0.2) is 0 Å². The Bertz CT molecular complexity index is 1240. The first-order valence-corrected chi connectivity index (χ1v) is 15.6. The monoisotopic (exact) mass is 584 g/mol. The van der Waals surface area contributed by atoms with Crippen LogP contribution in [0.5, 0.6) is 0 Å². The number of ether oxygens (including phenoxy) is 2. The van der Waals surface area contributed by atoms with Crippen molar-refractivity contribution in [3.63, 3.8) is 0 Å². The summed E-state index contributed by atoms with van der Waals surface area (Å²) in [5.41, 5.74) is -0.797. The minimum atomic E-state index is -1.14. The van der Waals surface area contributed by atoms with Crippen molar-refractivity contribution >= 4 is 23.5 Å². The van der Waals surface area contributed by atoms with E-state index in [1.807, 2.05) is 13.8 Å². The average Bonchev–Trinajstić information content (AvgIpc) is 3.50. The van der Waals surface area contributed by atoms with Crippen LogP contribution in [0.2, 0.25) is 0 Å². The summed E-state index contributed by atoms with van der Waals surface area (Å²) in [5, 5.41) is 21.3. The number of aliphatic hydroxyl groups excluding tert-OH is 2. The van der Waals surface area contributed by atoms with Crippen molar-refractivity contribution in [2.24, 2.45) is 57.2 Å². The quantitative estimate of drug-likeness (QED) is 0.321. The zero-order valence-corrected chi connectivity index (χ0v) is 26.1. The highest BCUT2D eigenvalue weighted by atomic mass is 16.6. The normalized spacial score (nSPS) is 45.3. The molecular formula is C34H48O8. The fourth-order valence-corrected chi connectivity index (χ4v) is 11.0. The van der Waals surface area contributed by atoms with E-state index in [-0.39, 0.29) is 57.9 Å². The van der Waals surface area contributed by atoms with Crippen LogP contribution in [0.3, 0.4) is 0 Å². The summed E-state index contributed by atoms with van der Waals surface area (Å²) in [6, 6.07) is 0. The highest BCUT2D eigenvalue weighted by molar-refractivity contribution is 5.99. The van der Waals surface area contributed by atoms with Gasteiger partial charge in [0.05, 0.1) is 6.10 Å². The molecule has 0 amide bonds. The molecule has 0 aliphatic heterocycles. The van der Waals surface area contributed by atoms with Crippen LogP contribution in [-0.4, -0.2) is 58.6 Å². The number of esters is 2. The summed E-state index contributed by atoms with van der Waals surface area (Å²) in [5.74, 6) is -2.82. The van der Waals surface area contributed by atoms with E-state index in [0.717, 1.165) is 19.3 Å². The molecule has 5 rings (SSSR count). The molecule has 0 aromatic rings. The number of Topliss-reactive ketones (excluding diaryl/α,β-unsaturated/α-hetero) is 1. The van der Waals surface area contributed by atoms with Crippen LogP contribution in [0.1, 0.15) is 80.6 Å². The van der Waals surface area contributed by atoms with Crippen LogP contribution in [0.25, 0.3) is 0 Å². The second kappa shape index (κ2) is 10.1. The van der Waals surface area contributed by atoms with E-state index in [9.17, 15) is 29.4 Å². The number of fused-ring (bicyclic) bond motifs is 2. The maximum atomic E-state index is 13.7. The highest BCUT2D eigenvalue weighted by Crippen LogP contribution is 2.87. The second-order valence-electron chi connectivity index (χ2n) is 14.9. The highest BCUT2D eigenvalue weighted by Gasteiger charge is 2.83. The number of ketones is 2. The van der Waals surface area contributed by atoms with Crippen LogP contribution in [0.15, 0.2) is 24.3 Å². The van der Waals surface area contributed by atoms with Crippen LogP contribution in [0.4, 0.5) is 0 Å². The molecule has 5 aliphatic carbocycles. The largest absolute Gasteiger partial charge is 0.462 e. The van der Waals surface area contributed by atoms with Gasteiger partial charge in [-0.15, -0.1) is 0 Å². The Labute approximate surface area is 249 Å². The molecule has 2 N–H and O–H groups in total. The smallest absolute Gasteiger partial charge is 0.303 e. The van der Waals surface area contributed by atoms with E-state index in [4.69, 9.17) is 9.47 Å². The summed E-state index contributed by atoms with van der Waals surface area (Å²) < 4.78 is 11.8. The fourth-order valence-electron chi connectivity index (χ4n) is 11.0. The minimum Gasteiger partial charge on any atom is -0.462 e. The lowest BCUT2D eigenvalue weighted by Crippen LogP contribution is -2.58. The molecule has 8 heteroatoms. The third-order valence-electron chi connectivity index (χ3n) is 13.1. The maximum Gasteiger partial charge on any atom is 0.303 e. The number of allylic oxidation sites excluding steroid dienone is 2. The van der Waals surface area contributed by atoms with E-state index >= 15 is 0 Å². The van der Waals surface area contributed by atoms with Crippen molar-refractivity contribution in [3.8, 4) is 0 Å². The van der Waals surface area contributed by atoms with Gasteiger partial charge in [0.2, 0.25) is 0 Å². The SMILES string of the molecule is C=C(C(=O)C(OC(C)=O)C(C)C1C(OC(C)=O)CC2(C)C3CC(O)C4C(C)C(=O)C=CC45CC35CCC12C)C(C)CO. The van der Waals surface area contributed by atoms with E-state index in [0.29, 0.717) is 12.8 Å². The Balaban J connectivity index is 1.56. The third kappa shape index (κ3) is 4.06. The zero-order valence-electron chi connectivity index (χ0n) is 26.1. The summed E-state index contributed by atoms with van der Waals surface area (Å²) >= 11 is 0. The van der Waals surface area contributed by atoms with E-state index in [1.54, 1.807) is 13.0 Å². The molecule has 13 atom stereocenters. The zero-order chi connectivity index (χ0) is 31.2. The molecule has 4 fully saturated rings. The molecule has 0 aromatic heterocycles. The Morgan fingerprint density at radius 2 is 1.79 bits per heavy atom. The molecule has 5 aliphatic rings. The lowest BCUT2D eigenvalue weighted by molar-refractivity contribution is -0.170. The average molecular weight is 585 g/mol. The van der Waals surface area contributed by atoms with Crippen LogP contribution >= 0.6 is 0 Å². The number of hydrogen-bond donors (Lipinski definition) is 2. The van der Waals surface area contributed by atoms with Gasteiger partial charge in [0.1, 0.15) is 6.10 Å². The lowest BCUT2D eigenvalue weighted by atomic mass is 9.43. The number of carbonyl (C=O) groups is 4. The molecule has 13 unspecified atom stereocenters. The number of carbonyl (C=O) groups excluding carboxylic acids is 4. The van der Waals surface area contributed by atoms with Crippen molar-refractivity contribution in [1.82, 2.24) is 0 Å². The Morgan fingerprint density at radius 1 is 1.12 bits per heavy atom. The third-order valence-corrected chi connectivity index (χ3v) is 13.1. The van der Waals surface area contributed by atoms with Gasteiger partial charge in [-0.3, -0.25) is 19.2 Å². The van der Waals surface area contributed by atoms with Gasteiger partial charge in [-0.1, -0.05) is 47.3 Å². The van der Waals surface area contributed by atoms with E-state index in [2.05, 4.69) is 26.5 Å². The number of rotatable bonds is 8. The second-order valence-corrected chi connectivity index (χ2v) is 14.9. The fraction of sp³-hybridized carbons (Fsp3) is 0.765. The number of hydrogen-bond acceptors (Lipinski definition) is 8. The summed E-state index contributed by atoms with van der Waals surface area (Å²) in [6.07, 6.45) is 5.40. The first-order chi connectivity index (χ1) is 19.5. The van der Waals surface area contributed by atoms with Crippen molar-refractivity contribution in [2.75, 3.05) is 6.61 Å². The van der Waals surface area contributed by atoms with Crippen molar-refractivity contribution in [1.29, 1.82) is 0 Å². The first kappa shape index (κ1) is 31.1. The lowest BCUT2D eigenvalue weighted by Gasteiger charge is -2.61.